The van der Waals surface area contributed by atoms with E-state index in [2.05, 4.69) is 9.47 Å². The molecule has 64 valence electrons. The summed E-state index contributed by atoms with van der Waals surface area (Å²) in [6.45, 7) is 4.40. The van der Waals surface area contributed by atoms with Crippen LogP contribution in [0.5, 0.6) is 0 Å². The lowest BCUT2D eigenvalue weighted by molar-refractivity contribution is -0.160. The van der Waals surface area contributed by atoms with Crippen LogP contribution < -0.4 is 0 Å². The quantitative estimate of drug-likeness (QED) is 0.564. The molecule has 4 heteroatoms. The highest BCUT2D eigenvalue weighted by Gasteiger charge is 2.06. The van der Waals surface area contributed by atoms with Gasteiger partial charge in [-0.1, -0.05) is 0 Å². The van der Waals surface area contributed by atoms with Gasteiger partial charge in [-0.2, -0.15) is 0 Å². The molecule has 4 nitrogen and oxygen atoms in total. The Bertz CT molecular complexity index is 151. The van der Waals surface area contributed by atoms with Gasteiger partial charge in [-0.15, -0.1) is 0 Å². The third kappa shape index (κ3) is 6.83. The number of esters is 2. The Balaban J connectivity index is 3.45. The van der Waals surface area contributed by atoms with E-state index in [1.807, 2.05) is 0 Å². The standard InChI is InChI=1S/C7H12O4/c1-5(2)11-7(9)4-10-6(3)8/h5H,4H2,1-3H3. The summed E-state index contributed by atoms with van der Waals surface area (Å²) < 4.78 is 9.08. The molecule has 0 heterocycles. The molecule has 0 saturated carbocycles. The van der Waals surface area contributed by atoms with Gasteiger partial charge in [-0.3, -0.25) is 4.79 Å². The van der Waals surface area contributed by atoms with Crippen molar-refractivity contribution in [2.24, 2.45) is 0 Å². The number of hydrogen-bond acceptors (Lipinski definition) is 4. The van der Waals surface area contributed by atoms with Gasteiger partial charge in [0.05, 0.1) is 6.10 Å². The maximum absolute atomic E-state index is 10.7. The molecule has 0 saturated heterocycles. The Morgan fingerprint density at radius 2 is 1.91 bits per heavy atom. The molecule has 0 N–H and O–H groups in total. The molecule has 0 aliphatic carbocycles. The molecule has 0 atom stereocenters. The minimum atomic E-state index is -0.518. The highest BCUT2D eigenvalue weighted by Crippen LogP contribution is 1.89. The molecule has 0 aromatic heterocycles. The van der Waals surface area contributed by atoms with Crippen molar-refractivity contribution in [2.45, 2.75) is 26.9 Å². The van der Waals surface area contributed by atoms with Gasteiger partial charge in [-0.25, -0.2) is 4.79 Å². The summed E-state index contributed by atoms with van der Waals surface area (Å²) in [6.07, 6.45) is -0.168. The normalized spacial score (nSPS) is 9.45. The van der Waals surface area contributed by atoms with Crippen LogP contribution in [0.3, 0.4) is 0 Å². The first-order valence-electron chi connectivity index (χ1n) is 3.35. The summed E-state index contributed by atoms with van der Waals surface area (Å²) in [4.78, 5) is 20.9. The zero-order chi connectivity index (χ0) is 8.85. The summed E-state index contributed by atoms with van der Waals surface area (Å²) in [5, 5.41) is 0. The van der Waals surface area contributed by atoms with Crippen LogP contribution in [0.15, 0.2) is 0 Å². The first-order chi connectivity index (χ1) is 5.02. The van der Waals surface area contributed by atoms with E-state index in [0.29, 0.717) is 0 Å². The van der Waals surface area contributed by atoms with Crippen LogP contribution in [0.4, 0.5) is 0 Å². The molecule has 0 aromatic rings. The molecule has 0 aromatic carbocycles. The third-order valence-corrected chi connectivity index (χ3v) is 0.760. The van der Waals surface area contributed by atoms with Gasteiger partial charge in [0.25, 0.3) is 0 Å². The average molecular weight is 160 g/mol. The predicted octanol–water partition coefficient (Wildman–Crippen LogP) is 0.501. The number of carbonyl (C=O) groups excluding carboxylic acids is 2. The van der Waals surface area contributed by atoms with Crippen molar-refractivity contribution in [3.8, 4) is 0 Å². The van der Waals surface area contributed by atoms with E-state index < -0.39 is 11.9 Å². The van der Waals surface area contributed by atoms with Gasteiger partial charge in [0, 0.05) is 6.92 Å². The summed E-state index contributed by atoms with van der Waals surface area (Å²) in [6, 6.07) is 0. The number of hydrogen-bond donors (Lipinski definition) is 0. The van der Waals surface area contributed by atoms with E-state index in [9.17, 15) is 9.59 Å². The Labute approximate surface area is 65.5 Å². The lowest BCUT2D eigenvalue weighted by Crippen LogP contribution is -2.18. The van der Waals surface area contributed by atoms with E-state index in [4.69, 9.17) is 0 Å². The molecule has 0 fully saturated rings. The highest BCUT2D eigenvalue weighted by atomic mass is 16.6. The van der Waals surface area contributed by atoms with E-state index in [1.54, 1.807) is 13.8 Å². The zero-order valence-corrected chi connectivity index (χ0v) is 6.92. The maximum Gasteiger partial charge on any atom is 0.344 e. The Morgan fingerprint density at radius 3 is 2.27 bits per heavy atom. The van der Waals surface area contributed by atoms with Crippen LogP contribution in [-0.2, 0) is 19.1 Å². The van der Waals surface area contributed by atoms with Crippen LogP contribution in [0.25, 0.3) is 0 Å². The van der Waals surface area contributed by atoms with Crippen molar-refractivity contribution in [1.29, 1.82) is 0 Å². The summed E-state index contributed by atoms with van der Waals surface area (Å²) in [5.74, 6) is -0.999. The van der Waals surface area contributed by atoms with Crippen LogP contribution in [-0.4, -0.2) is 24.6 Å². The highest BCUT2D eigenvalue weighted by molar-refractivity contribution is 5.75. The lowest BCUT2D eigenvalue weighted by Gasteiger charge is -2.06. The second-order valence-corrected chi connectivity index (χ2v) is 2.32. The third-order valence-electron chi connectivity index (χ3n) is 0.760. The molecule has 0 radical (unpaired) electrons. The van der Waals surface area contributed by atoms with Gasteiger partial charge < -0.3 is 9.47 Å². The SMILES string of the molecule is CC(=O)OCC(=O)OC(C)C. The topological polar surface area (TPSA) is 52.6 Å². The first kappa shape index (κ1) is 9.94. The molecule has 0 aliphatic rings. The lowest BCUT2D eigenvalue weighted by atomic mass is 10.5. The largest absolute Gasteiger partial charge is 0.460 e. The Hall–Kier alpha value is -1.06. The minimum Gasteiger partial charge on any atom is -0.460 e. The van der Waals surface area contributed by atoms with Gasteiger partial charge in [0.15, 0.2) is 6.61 Å². The summed E-state index contributed by atoms with van der Waals surface area (Å²) >= 11 is 0. The van der Waals surface area contributed by atoms with Crippen molar-refractivity contribution in [2.75, 3.05) is 6.61 Å². The van der Waals surface area contributed by atoms with Crippen molar-refractivity contribution < 1.29 is 19.1 Å². The molecule has 0 aliphatic heterocycles. The Morgan fingerprint density at radius 1 is 1.36 bits per heavy atom. The molecule has 0 bridgehead atoms. The van der Waals surface area contributed by atoms with Gasteiger partial charge in [-0.05, 0) is 13.8 Å². The van der Waals surface area contributed by atoms with Crippen molar-refractivity contribution in [3.63, 3.8) is 0 Å². The second-order valence-electron chi connectivity index (χ2n) is 2.32. The molecule has 0 unspecified atom stereocenters. The van der Waals surface area contributed by atoms with Crippen LogP contribution in [0.2, 0.25) is 0 Å². The van der Waals surface area contributed by atoms with Crippen molar-refractivity contribution in [1.82, 2.24) is 0 Å². The van der Waals surface area contributed by atoms with Crippen molar-refractivity contribution in [3.05, 3.63) is 0 Å². The van der Waals surface area contributed by atoms with E-state index in [1.165, 1.54) is 6.92 Å². The second kappa shape index (κ2) is 4.71. The fraction of sp³-hybridized carbons (Fsp3) is 0.714. The first-order valence-corrected chi connectivity index (χ1v) is 3.35. The molecule has 0 rings (SSSR count). The summed E-state index contributed by atoms with van der Waals surface area (Å²) in [5.41, 5.74) is 0. The van der Waals surface area contributed by atoms with E-state index >= 15 is 0 Å². The Kier molecular flexibility index (Phi) is 4.26. The van der Waals surface area contributed by atoms with Crippen LogP contribution >= 0.6 is 0 Å². The predicted molar refractivity (Wildman–Crippen MR) is 37.9 cm³/mol. The van der Waals surface area contributed by atoms with Gasteiger partial charge in [0.1, 0.15) is 0 Å². The molecule has 0 spiro atoms. The molecule has 11 heavy (non-hydrogen) atoms. The number of ether oxygens (including phenoxy) is 2. The average Bonchev–Trinajstić information content (AvgIpc) is 1.82. The molecule has 0 amide bonds. The number of rotatable bonds is 3. The fourth-order valence-corrected chi connectivity index (χ4v) is 0.457. The maximum atomic E-state index is 10.7. The smallest absolute Gasteiger partial charge is 0.344 e. The molecular weight excluding hydrogens is 148 g/mol. The van der Waals surface area contributed by atoms with Crippen LogP contribution in [0.1, 0.15) is 20.8 Å². The minimum absolute atomic E-state index is 0.168. The van der Waals surface area contributed by atoms with E-state index in [0.717, 1.165) is 0 Å². The van der Waals surface area contributed by atoms with Gasteiger partial charge >= 0.3 is 11.9 Å². The van der Waals surface area contributed by atoms with Crippen LogP contribution in [0, 0.1) is 0 Å². The summed E-state index contributed by atoms with van der Waals surface area (Å²) in [7, 11) is 0. The number of carbonyl (C=O) groups is 2. The monoisotopic (exact) mass is 160 g/mol. The van der Waals surface area contributed by atoms with Gasteiger partial charge in [0.2, 0.25) is 0 Å². The molecular formula is C7H12O4. The van der Waals surface area contributed by atoms with E-state index in [-0.39, 0.29) is 12.7 Å². The zero-order valence-electron chi connectivity index (χ0n) is 6.92. The fourth-order valence-electron chi connectivity index (χ4n) is 0.457. The van der Waals surface area contributed by atoms with Crippen molar-refractivity contribution >= 4 is 11.9 Å².